The van der Waals surface area contributed by atoms with Crippen LogP contribution in [-0.2, 0) is 4.79 Å². The minimum absolute atomic E-state index is 0.0129. The minimum atomic E-state index is -0.859. The van der Waals surface area contributed by atoms with Gasteiger partial charge in [-0.05, 0) is 35.4 Å². The summed E-state index contributed by atoms with van der Waals surface area (Å²) in [5.74, 6) is -0.854. The van der Waals surface area contributed by atoms with Gasteiger partial charge in [0.25, 0.3) is 5.69 Å². The molecular formula is C18H13ClN3O4-. The topological polar surface area (TPSA) is 108 Å². The highest BCUT2D eigenvalue weighted by atomic mass is 35.5. The van der Waals surface area contributed by atoms with E-state index in [1.54, 1.807) is 24.3 Å². The van der Waals surface area contributed by atoms with E-state index in [0.29, 0.717) is 10.6 Å². The van der Waals surface area contributed by atoms with E-state index in [4.69, 9.17) is 11.6 Å². The third-order valence-corrected chi connectivity index (χ3v) is 4.16. The number of nitro benzene ring substituents is 1. The highest BCUT2D eigenvalue weighted by Gasteiger charge is 2.23. The molecule has 7 nitrogen and oxygen atoms in total. The Bertz CT molecular complexity index is 1010. The molecule has 0 fully saturated rings. The molecule has 0 saturated carbocycles. The Morgan fingerprint density at radius 1 is 1.27 bits per heavy atom. The van der Waals surface area contributed by atoms with Crippen LogP contribution in [0.5, 0.6) is 5.75 Å². The molecule has 1 amide bonds. The van der Waals surface area contributed by atoms with Crippen LogP contribution in [0.2, 0.25) is 5.02 Å². The third kappa shape index (κ3) is 3.29. The number of amides is 1. The molecular weight excluding hydrogens is 358 g/mol. The molecule has 3 rings (SSSR count). The fourth-order valence-corrected chi connectivity index (χ4v) is 2.91. The van der Waals surface area contributed by atoms with E-state index in [9.17, 15) is 20.0 Å². The normalized spacial score (nSPS) is 11.9. The summed E-state index contributed by atoms with van der Waals surface area (Å²) in [4.78, 5) is 26.6. The number of pyridine rings is 1. The van der Waals surface area contributed by atoms with Crippen LogP contribution in [0.15, 0.2) is 48.7 Å². The number of carbonyl (C=O) groups excluding carboxylic acids is 1. The highest BCUT2D eigenvalue weighted by molar-refractivity contribution is 6.30. The van der Waals surface area contributed by atoms with Crippen LogP contribution >= 0.6 is 11.6 Å². The fourth-order valence-electron chi connectivity index (χ4n) is 2.78. The van der Waals surface area contributed by atoms with Gasteiger partial charge < -0.3 is 10.4 Å². The number of nitro groups is 1. The summed E-state index contributed by atoms with van der Waals surface area (Å²) in [5, 5.41) is 27.7. The molecule has 8 heteroatoms. The van der Waals surface area contributed by atoms with E-state index < -0.39 is 16.7 Å². The second-order valence-corrected chi connectivity index (χ2v) is 6.09. The summed E-state index contributed by atoms with van der Waals surface area (Å²) in [6.07, 6.45) is 1.40. The molecule has 1 N–H and O–H groups in total. The van der Waals surface area contributed by atoms with Crippen molar-refractivity contribution in [3.05, 3.63) is 74.9 Å². The maximum Gasteiger partial charge on any atom is 0.279 e. The average molecular weight is 371 g/mol. The summed E-state index contributed by atoms with van der Waals surface area (Å²) < 4.78 is 0. The van der Waals surface area contributed by atoms with Crippen molar-refractivity contribution in [3.8, 4) is 5.75 Å². The largest absolute Gasteiger partial charge is 0.871 e. The Labute approximate surface area is 153 Å². The molecule has 0 unspecified atom stereocenters. The number of benzene rings is 2. The monoisotopic (exact) mass is 370 g/mol. The standard InChI is InChI=1S/C18H14ClN3O4/c1-10(23)21-16(11-4-6-12(19)7-5-11)14-9-15(22(25)26)13-3-2-8-20-17(13)18(14)24/h2-9,16,24H,1H3,(H,21,23)/p-1/t16-/m1/s1. The van der Waals surface area contributed by atoms with Crippen molar-refractivity contribution < 1.29 is 14.8 Å². The lowest BCUT2D eigenvalue weighted by molar-refractivity contribution is -0.383. The highest BCUT2D eigenvalue weighted by Crippen LogP contribution is 2.38. The summed E-state index contributed by atoms with van der Waals surface area (Å²) >= 11 is 5.90. The number of fused-ring (bicyclic) bond motifs is 1. The van der Waals surface area contributed by atoms with Crippen molar-refractivity contribution in [3.63, 3.8) is 0 Å². The maximum absolute atomic E-state index is 12.9. The Hall–Kier alpha value is -3.19. The molecule has 1 heterocycles. The zero-order valence-corrected chi connectivity index (χ0v) is 14.4. The number of carbonyl (C=O) groups is 1. The van der Waals surface area contributed by atoms with Crippen molar-refractivity contribution in [1.29, 1.82) is 0 Å². The maximum atomic E-state index is 12.9. The second kappa shape index (κ2) is 6.97. The fraction of sp³-hybridized carbons (Fsp3) is 0.111. The van der Waals surface area contributed by atoms with Gasteiger partial charge in [-0.2, -0.15) is 0 Å². The number of rotatable bonds is 4. The predicted molar refractivity (Wildman–Crippen MR) is 95.0 cm³/mol. The number of nitrogens with zero attached hydrogens (tertiary/aromatic N) is 2. The van der Waals surface area contributed by atoms with Gasteiger partial charge in [0.05, 0.1) is 21.9 Å². The van der Waals surface area contributed by atoms with Crippen LogP contribution in [0.1, 0.15) is 24.1 Å². The molecule has 0 aliphatic heterocycles. The minimum Gasteiger partial charge on any atom is -0.871 e. The first-order valence-corrected chi connectivity index (χ1v) is 8.02. The second-order valence-electron chi connectivity index (χ2n) is 5.66. The molecule has 26 heavy (non-hydrogen) atoms. The van der Waals surface area contributed by atoms with Crippen LogP contribution in [0.3, 0.4) is 0 Å². The molecule has 1 atom stereocenters. The van der Waals surface area contributed by atoms with Gasteiger partial charge in [-0.25, -0.2) is 0 Å². The van der Waals surface area contributed by atoms with Crippen LogP contribution in [-0.4, -0.2) is 15.8 Å². The van der Waals surface area contributed by atoms with Crippen LogP contribution in [0.25, 0.3) is 10.9 Å². The van der Waals surface area contributed by atoms with Crippen molar-refractivity contribution in [1.82, 2.24) is 10.3 Å². The van der Waals surface area contributed by atoms with Crippen molar-refractivity contribution in [2.45, 2.75) is 13.0 Å². The van der Waals surface area contributed by atoms with Gasteiger partial charge in [-0.3, -0.25) is 19.9 Å². The van der Waals surface area contributed by atoms with Gasteiger partial charge in [0.1, 0.15) is 0 Å². The number of nitrogens with one attached hydrogen (secondary N) is 1. The lowest BCUT2D eigenvalue weighted by Gasteiger charge is -2.25. The number of hydrogen-bond acceptors (Lipinski definition) is 5. The molecule has 0 aliphatic rings. The summed E-state index contributed by atoms with van der Waals surface area (Å²) in [6, 6.07) is 9.87. The first-order chi connectivity index (χ1) is 12.4. The Kier molecular flexibility index (Phi) is 4.73. The molecule has 0 bridgehead atoms. The van der Waals surface area contributed by atoms with Crippen molar-refractivity contribution in [2.24, 2.45) is 0 Å². The molecule has 0 spiro atoms. The molecule has 0 radical (unpaired) electrons. The first kappa shape index (κ1) is 17.6. The first-order valence-electron chi connectivity index (χ1n) is 7.64. The molecule has 0 saturated heterocycles. The number of halogens is 1. The van der Waals surface area contributed by atoms with E-state index >= 15 is 0 Å². The zero-order chi connectivity index (χ0) is 18.8. The summed E-state index contributed by atoms with van der Waals surface area (Å²) in [7, 11) is 0. The summed E-state index contributed by atoms with van der Waals surface area (Å²) in [6.45, 7) is 1.31. The molecule has 132 valence electrons. The Morgan fingerprint density at radius 3 is 2.58 bits per heavy atom. The lowest BCUT2D eigenvalue weighted by Crippen LogP contribution is -2.27. The number of aromatic nitrogens is 1. The van der Waals surface area contributed by atoms with Crippen molar-refractivity contribution in [2.75, 3.05) is 0 Å². The van der Waals surface area contributed by atoms with Crippen LogP contribution in [0.4, 0.5) is 5.69 Å². The predicted octanol–water partition coefficient (Wildman–Crippen LogP) is 3.10. The van der Waals surface area contributed by atoms with E-state index in [1.165, 1.54) is 31.3 Å². The smallest absolute Gasteiger partial charge is 0.279 e. The molecule has 1 aromatic heterocycles. The van der Waals surface area contributed by atoms with Crippen LogP contribution in [0, 0.1) is 10.1 Å². The summed E-state index contributed by atoms with van der Waals surface area (Å²) in [5.41, 5.74) is 0.389. The van der Waals surface area contributed by atoms with Gasteiger partial charge in [0.2, 0.25) is 5.91 Å². The van der Waals surface area contributed by atoms with Gasteiger partial charge in [-0.1, -0.05) is 29.5 Å². The zero-order valence-electron chi connectivity index (χ0n) is 13.6. The molecule has 3 aromatic rings. The molecule has 2 aromatic carbocycles. The quantitative estimate of drug-likeness (QED) is 0.560. The lowest BCUT2D eigenvalue weighted by atomic mass is 9.95. The average Bonchev–Trinajstić information content (AvgIpc) is 2.61. The SMILES string of the molecule is CC(=O)N[C@H](c1ccc(Cl)cc1)c1cc([N+](=O)[O-])c2cccnc2c1[O-]. The van der Waals surface area contributed by atoms with Gasteiger partial charge >= 0.3 is 0 Å². The Balaban J connectivity index is 2.28. The third-order valence-electron chi connectivity index (χ3n) is 3.91. The van der Waals surface area contributed by atoms with E-state index in [1.807, 2.05) is 0 Å². The Morgan fingerprint density at radius 2 is 1.96 bits per heavy atom. The van der Waals surface area contributed by atoms with E-state index in [2.05, 4.69) is 10.3 Å². The van der Waals surface area contributed by atoms with Crippen molar-refractivity contribution >= 4 is 34.1 Å². The van der Waals surface area contributed by atoms with Gasteiger partial charge in [0, 0.05) is 24.2 Å². The van der Waals surface area contributed by atoms with E-state index in [-0.39, 0.29) is 28.1 Å². The number of hydrogen-bond donors (Lipinski definition) is 1. The van der Waals surface area contributed by atoms with Crippen LogP contribution < -0.4 is 10.4 Å². The van der Waals surface area contributed by atoms with E-state index in [0.717, 1.165) is 0 Å². The van der Waals surface area contributed by atoms with Gasteiger partial charge in [-0.15, -0.1) is 0 Å². The van der Waals surface area contributed by atoms with Gasteiger partial charge in [0.15, 0.2) is 0 Å². The molecule has 0 aliphatic carbocycles. The number of non-ortho nitro benzene ring substituents is 1.